The lowest BCUT2D eigenvalue weighted by Crippen LogP contribution is -2.36. The second-order valence-corrected chi connectivity index (χ2v) is 3.39. The summed E-state index contributed by atoms with van der Waals surface area (Å²) in [6.07, 6.45) is 0. The van der Waals surface area contributed by atoms with Gasteiger partial charge in [-0.2, -0.15) is 0 Å². The maximum atomic E-state index is 12.9. The first-order valence-electron chi connectivity index (χ1n) is 3.97. The molecule has 0 saturated carbocycles. The Kier molecular flexibility index (Phi) is 5.45. The molecule has 0 heterocycles. The minimum atomic E-state index is -3.33. The van der Waals surface area contributed by atoms with Gasteiger partial charge in [0.25, 0.3) is 5.92 Å². The van der Waals surface area contributed by atoms with Crippen molar-refractivity contribution in [2.24, 2.45) is 5.73 Å². The Labute approximate surface area is 97.4 Å². The lowest BCUT2D eigenvalue weighted by atomic mass is 10.0. The molecule has 0 unspecified atom stereocenters. The first-order chi connectivity index (χ1) is 6.47. The predicted octanol–water partition coefficient (Wildman–Crippen LogP) is 2.39. The van der Waals surface area contributed by atoms with E-state index in [1.54, 1.807) is 6.07 Å². The van der Waals surface area contributed by atoms with Crippen LogP contribution in [0.5, 0.6) is 0 Å². The van der Waals surface area contributed by atoms with Crippen molar-refractivity contribution in [2.45, 2.75) is 12.0 Å². The monoisotopic (exact) mass is 257 g/mol. The maximum absolute atomic E-state index is 12.9. The summed E-state index contributed by atoms with van der Waals surface area (Å²) in [7, 11) is 0. The van der Waals surface area contributed by atoms with E-state index in [4.69, 9.17) is 22.4 Å². The van der Waals surface area contributed by atoms with Gasteiger partial charge in [-0.25, -0.2) is 8.78 Å². The minimum absolute atomic E-state index is 0. The van der Waals surface area contributed by atoms with E-state index in [9.17, 15) is 8.78 Å². The standard InChI is InChI=1S/C9H10ClF2NO.ClH/c10-7-3-1-2-6(4-7)8(13)9(11,12)5-14;/h1-4,8,14H,5,13H2;1H/t8-;/m0./s1. The summed E-state index contributed by atoms with van der Waals surface area (Å²) >= 11 is 5.62. The number of nitrogens with two attached hydrogens (primary N) is 1. The number of rotatable bonds is 3. The Morgan fingerprint density at radius 1 is 1.47 bits per heavy atom. The summed E-state index contributed by atoms with van der Waals surface area (Å²) in [6, 6.07) is 4.36. The molecule has 0 fully saturated rings. The molecule has 15 heavy (non-hydrogen) atoms. The van der Waals surface area contributed by atoms with E-state index in [-0.39, 0.29) is 18.0 Å². The molecule has 0 amide bonds. The number of hydrogen-bond acceptors (Lipinski definition) is 2. The van der Waals surface area contributed by atoms with Crippen LogP contribution >= 0.6 is 24.0 Å². The van der Waals surface area contributed by atoms with Crippen molar-refractivity contribution < 1.29 is 13.9 Å². The molecule has 2 nitrogen and oxygen atoms in total. The fraction of sp³-hybridized carbons (Fsp3) is 0.333. The average molecular weight is 258 g/mol. The SMILES string of the molecule is Cl.N[C@@H](c1cccc(Cl)c1)C(F)(F)CO. The zero-order valence-electron chi connectivity index (χ0n) is 7.66. The van der Waals surface area contributed by atoms with Crippen LogP contribution < -0.4 is 5.73 Å². The number of aliphatic hydroxyl groups excluding tert-OH is 1. The lowest BCUT2D eigenvalue weighted by Gasteiger charge is -2.21. The molecule has 3 N–H and O–H groups in total. The van der Waals surface area contributed by atoms with Crippen molar-refractivity contribution >= 4 is 24.0 Å². The average Bonchev–Trinajstić information content (AvgIpc) is 2.16. The molecule has 1 aromatic carbocycles. The van der Waals surface area contributed by atoms with E-state index in [2.05, 4.69) is 0 Å². The van der Waals surface area contributed by atoms with Gasteiger partial charge in [-0.1, -0.05) is 23.7 Å². The minimum Gasteiger partial charge on any atom is -0.390 e. The summed E-state index contributed by atoms with van der Waals surface area (Å²) in [5.74, 6) is -3.33. The summed E-state index contributed by atoms with van der Waals surface area (Å²) < 4.78 is 25.9. The van der Waals surface area contributed by atoms with E-state index in [0.717, 1.165) is 0 Å². The van der Waals surface area contributed by atoms with Crippen LogP contribution in [-0.4, -0.2) is 17.6 Å². The van der Waals surface area contributed by atoms with Crippen LogP contribution in [0.1, 0.15) is 11.6 Å². The van der Waals surface area contributed by atoms with Gasteiger partial charge in [-0.15, -0.1) is 12.4 Å². The Bertz CT molecular complexity index is 323. The molecule has 1 atom stereocenters. The van der Waals surface area contributed by atoms with Gasteiger partial charge < -0.3 is 10.8 Å². The second kappa shape index (κ2) is 5.61. The molecule has 86 valence electrons. The molecule has 0 spiro atoms. The third kappa shape index (κ3) is 3.57. The summed E-state index contributed by atoms with van der Waals surface area (Å²) in [5, 5.41) is 8.77. The number of halogens is 4. The van der Waals surface area contributed by atoms with E-state index in [1.807, 2.05) is 0 Å². The van der Waals surface area contributed by atoms with Gasteiger partial charge in [0.2, 0.25) is 0 Å². The zero-order valence-corrected chi connectivity index (χ0v) is 9.23. The number of aliphatic hydroxyl groups is 1. The topological polar surface area (TPSA) is 46.2 Å². The highest BCUT2D eigenvalue weighted by Crippen LogP contribution is 2.29. The van der Waals surface area contributed by atoms with Gasteiger partial charge in [0.05, 0.1) is 6.04 Å². The van der Waals surface area contributed by atoms with Crippen molar-refractivity contribution in [3.05, 3.63) is 34.9 Å². The molecule has 0 aliphatic rings. The summed E-state index contributed by atoms with van der Waals surface area (Å²) in [4.78, 5) is 0. The van der Waals surface area contributed by atoms with Crippen LogP contribution in [0.2, 0.25) is 5.02 Å². The van der Waals surface area contributed by atoms with E-state index in [1.165, 1.54) is 18.2 Å². The lowest BCUT2D eigenvalue weighted by molar-refractivity contribution is -0.0711. The quantitative estimate of drug-likeness (QED) is 0.874. The van der Waals surface area contributed by atoms with Crippen molar-refractivity contribution in [3.8, 4) is 0 Å². The Hall–Kier alpha value is -0.420. The molecule has 0 radical (unpaired) electrons. The van der Waals surface area contributed by atoms with Crippen LogP contribution in [0, 0.1) is 0 Å². The van der Waals surface area contributed by atoms with Crippen molar-refractivity contribution in [1.82, 2.24) is 0 Å². The van der Waals surface area contributed by atoms with Crippen LogP contribution in [-0.2, 0) is 0 Å². The molecule has 0 aromatic heterocycles. The van der Waals surface area contributed by atoms with Gasteiger partial charge in [0.1, 0.15) is 6.61 Å². The number of hydrogen-bond donors (Lipinski definition) is 2. The molecule has 0 saturated heterocycles. The molecule has 1 rings (SSSR count). The van der Waals surface area contributed by atoms with Crippen molar-refractivity contribution in [2.75, 3.05) is 6.61 Å². The number of benzene rings is 1. The molecule has 0 aliphatic heterocycles. The zero-order chi connectivity index (χ0) is 10.8. The second-order valence-electron chi connectivity index (χ2n) is 2.95. The van der Waals surface area contributed by atoms with E-state index < -0.39 is 18.6 Å². The van der Waals surface area contributed by atoms with Gasteiger partial charge in [0.15, 0.2) is 0 Å². The van der Waals surface area contributed by atoms with Crippen LogP contribution in [0.3, 0.4) is 0 Å². The largest absolute Gasteiger partial charge is 0.390 e. The summed E-state index contributed by atoms with van der Waals surface area (Å²) in [6.45, 7) is -1.28. The molecular weight excluding hydrogens is 247 g/mol. The van der Waals surface area contributed by atoms with E-state index >= 15 is 0 Å². The van der Waals surface area contributed by atoms with Crippen LogP contribution in [0.25, 0.3) is 0 Å². The molecule has 1 aromatic rings. The smallest absolute Gasteiger partial charge is 0.289 e. The van der Waals surface area contributed by atoms with Crippen LogP contribution in [0.15, 0.2) is 24.3 Å². The highest BCUT2D eigenvalue weighted by atomic mass is 35.5. The van der Waals surface area contributed by atoms with Crippen LogP contribution in [0.4, 0.5) is 8.78 Å². The van der Waals surface area contributed by atoms with Gasteiger partial charge >= 0.3 is 0 Å². The first-order valence-corrected chi connectivity index (χ1v) is 4.35. The summed E-state index contributed by atoms with van der Waals surface area (Å²) in [5.41, 5.74) is 5.49. The third-order valence-corrected chi connectivity index (χ3v) is 2.11. The molecule has 0 bridgehead atoms. The predicted molar refractivity (Wildman–Crippen MR) is 57.7 cm³/mol. The third-order valence-electron chi connectivity index (χ3n) is 1.87. The molecule has 6 heteroatoms. The Morgan fingerprint density at radius 2 is 2.07 bits per heavy atom. The number of alkyl halides is 2. The van der Waals surface area contributed by atoms with Crippen molar-refractivity contribution in [1.29, 1.82) is 0 Å². The fourth-order valence-electron chi connectivity index (χ4n) is 1.04. The fourth-order valence-corrected chi connectivity index (χ4v) is 1.24. The highest BCUT2D eigenvalue weighted by Gasteiger charge is 2.37. The van der Waals surface area contributed by atoms with Gasteiger partial charge in [-0.3, -0.25) is 0 Å². The normalized spacial score (nSPS) is 13.1. The highest BCUT2D eigenvalue weighted by molar-refractivity contribution is 6.30. The van der Waals surface area contributed by atoms with E-state index in [0.29, 0.717) is 5.02 Å². The van der Waals surface area contributed by atoms with Crippen molar-refractivity contribution in [3.63, 3.8) is 0 Å². The van der Waals surface area contributed by atoms with Gasteiger partial charge in [-0.05, 0) is 17.7 Å². The Morgan fingerprint density at radius 3 is 2.53 bits per heavy atom. The Balaban J connectivity index is 0.00000196. The maximum Gasteiger partial charge on any atom is 0.289 e. The van der Waals surface area contributed by atoms with Gasteiger partial charge in [0, 0.05) is 5.02 Å². The first kappa shape index (κ1) is 14.6. The molecular formula is C9H11Cl2F2NO. The molecule has 0 aliphatic carbocycles.